The summed E-state index contributed by atoms with van der Waals surface area (Å²) in [6.45, 7) is 1.78. The lowest BCUT2D eigenvalue weighted by molar-refractivity contribution is 0.101. The standard InChI is InChI=1S/C12H11BrClN3O3S/c1-7-5-11(17(2)16-7)12(18)15-10-4-3-8(6-9(10)13)21(14,19)20/h3-6H,1-2H3,(H,15,18). The Morgan fingerprint density at radius 2 is 2.05 bits per heavy atom. The van der Waals surface area contributed by atoms with Crippen LogP contribution in [-0.2, 0) is 16.1 Å². The van der Waals surface area contributed by atoms with Crippen LogP contribution < -0.4 is 5.32 Å². The first-order valence-electron chi connectivity index (χ1n) is 5.74. The highest BCUT2D eigenvalue weighted by molar-refractivity contribution is 9.10. The lowest BCUT2D eigenvalue weighted by Gasteiger charge is -2.08. The lowest BCUT2D eigenvalue weighted by Crippen LogP contribution is -2.16. The normalized spacial score (nSPS) is 11.4. The molecule has 2 aromatic rings. The quantitative estimate of drug-likeness (QED) is 0.814. The van der Waals surface area contributed by atoms with Crippen molar-refractivity contribution in [3.05, 3.63) is 40.1 Å². The molecule has 0 fully saturated rings. The van der Waals surface area contributed by atoms with Gasteiger partial charge < -0.3 is 5.32 Å². The molecule has 1 amide bonds. The van der Waals surface area contributed by atoms with Crippen molar-refractivity contribution in [2.24, 2.45) is 7.05 Å². The summed E-state index contributed by atoms with van der Waals surface area (Å²) >= 11 is 3.20. The van der Waals surface area contributed by atoms with E-state index in [0.717, 1.165) is 5.69 Å². The molecule has 0 aliphatic carbocycles. The topological polar surface area (TPSA) is 81.1 Å². The minimum absolute atomic E-state index is 0.0505. The van der Waals surface area contributed by atoms with Crippen LogP contribution in [0.15, 0.2) is 33.6 Å². The molecule has 0 aliphatic heterocycles. The van der Waals surface area contributed by atoms with Gasteiger partial charge in [0.25, 0.3) is 15.0 Å². The first-order valence-corrected chi connectivity index (χ1v) is 8.85. The molecule has 1 aromatic heterocycles. The van der Waals surface area contributed by atoms with Crippen LogP contribution in [0.2, 0.25) is 0 Å². The van der Waals surface area contributed by atoms with Crippen LogP contribution in [-0.4, -0.2) is 24.1 Å². The van der Waals surface area contributed by atoms with Crippen LogP contribution in [0.5, 0.6) is 0 Å². The largest absolute Gasteiger partial charge is 0.320 e. The van der Waals surface area contributed by atoms with E-state index in [9.17, 15) is 13.2 Å². The fourth-order valence-corrected chi connectivity index (χ4v) is 3.16. The lowest BCUT2D eigenvalue weighted by atomic mass is 10.3. The van der Waals surface area contributed by atoms with Crippen molar-refractivity contribution in [3.63, 3.8) is 0 Å². The molecular formula is C12H11BrClN3O3S. The first-order chi connectivity index (χ1) is 9.68. The molecule has 0 radical (unpaired) electrons. The van der Waals surface area contributed by atoms with E-state index < -0.39 is 9.05 Å². The van der Waals surface area contributed by atoms with E-state index in [-0.39, 0.29) is 10.8 Å². The number of nitrogens with zero attached hydrogens (tertiary/aromatic N) is 2. The molecule has 2 rings (SSSR count). The van der Waals surface area contributed by atoms with E-state index >= 15 is 0 Å². The molecule has 21 heavy (non-hydrogen) atoms. The maximum absolute atomic E-state index is 12.1. The van der Waals surface area contributed by atoms with Gasteiger partial charge in [0.1, 0.15) is 5.69 Å². The highest BCUT2D eigenvalue weighted by Crippen LogP contribution is 2.27. The van der Waals surface area contributed by atoms with Gasteiger partial charge in [0, 0.05) is 22.2 Å². The van der Waals surface area contributed by atoms with E-state index in [2.05, 4.69) is 26.3 Å². The second-order valence-electron chi connectivity index (χ2n) is 4.33. The highest BCUT2D eigenvalue weighted by atomic mass is 79.9. The Labute approximate surface area is 134 Å². The molecule has 1 N–H and O–H groups in total. The minimum Gasteiger partial charge on any atom is -0.320 e. The van der Waals surface area contributed by atoms with Crippen molar-refractivity contribution in [1.82, 2.24) is 9.78 Å². The monoisotopic (exact) mass is 391 g/mol. The minimum atomic E-state index is -3.81. The molecule has 0 aliphatic rings. The molecule has 0 bridgehead atoms. The predicted octanol–water partition coefficient (Wildman–Crippen LogP) is 2.67. The third kappa shape index (κ3) is 3.63. The third-order valence-corrected chi connectivity index (χ3v) is 4.71. The molecule has 0 spiro atoms. The van der Waals surface area contributed by atoms with Gasteiger partial charge >= 0.3 is 0 Å². The average Bonchev–Trinajstić information content (AvgIpc) is 2.69. The van der Waals surface area contributed by atoms with E-state index in [1.165, 1.54) is 22.9 Å². The van der Waals surface area contributed by atoms with Gasteiger partial charge in [-0.25, -0.2) is 8.42 Å². The molecule has 9 heteroatoms. The zero-order valence-electron chi connectivity index (χ0n) is 11.1. The summed E-state index contributed by atoms with van der Waals surface area (Å²) in [4.78, 5) is 12.1. The number of aromatic nitrogens is 2. The van der Waals surface area contributed by atoms with Crippen molar-refractivity contribution in [2.45, 2.75) is 11.8 Å². The highest BCUT2D eigenvalue weighted by Gasteiger charge is 2.16. The van der Waals surface area contributed by atoms with Crippen molar-refractivity contribution in [1.29, 1.82) is 0 Å². The van der Waals surface area contributed by atoms with Crippen LogP contribution in [0.4, 0.5) is 5.69 Å². The van der Waals surface area contributed by atoms with E-state index in [4.69, 9.17) is 10.7 Å². The number of aryl methyl sites for hydroxylation is 2. The summed E-state index contributed by atoms with van der Waals surface area (Å²) in [6, 6.07) is 5.75. The Balaban J connectivity index is 2.28. The van der Waals surface area contributed by atoms with Crippen molar-refractivity contribution < 1.29 is 13.2 Å². The number of benzene rings is 1. The van der Waals surface area contributed by atoms with Crippen LogP contribution in [0.25, 0.3) is 0 Å². The smallest absolute Gasteiger partial charge is 0.273 e. The SMILES string of the molecule is Cc1cc(C(=O)Nc2ccc(S(=O)(=O)Cl)cc2Br)n(C)n1. The number of amides is 1. The Bertz CT molecular complexity index is 817. The Morgan fingerprint density at radius 3 is 2.52 bits per heavy atom. The fourth-order valence-electron chi connectivity index (χ4n) is 1.76. The average molecular weight is 393 g/mol. The van der Waals surface area contributed by atoms with E-state index in [1.54, 1.807) is 20.0 Å². The molecule has 0 atom stereocenters. The first kappa shape index (κ1) is 16.0. The number of carbonyl (C=O) groups excluding carboxylic acids is 1. The Kier molecular flexibility index (Phi) is 4.40. The summed E-state index contributed by atoms with van der Waals surface area (Å²) < 4.78 is 24.3. The van der Waals surface area contributed by atoms with Crippen molar-refractivity contribution in [3.8, 4) is 0 Å². The van der Waals surface area contributed by atoms with Gasteiger partial charge in [0.15, 0.2) is 0 Å². The van der Waals surface area contributed by atoms with Gasteiger partial charge in [-0.3, -0.25) is 9.48 Å². The van der Waals surface area contributed by atoms with Crippen molar-refractivity contribution in [2.75, 3.05) is 5.32 Å². The number of carbonyl (C=O) groups is 1. The molecule has 0 saturated heterocycles. The maximum Gasteiger partial charge on any atom is 0.273 e. The zero-order chi connectivity index (χ0) is 15.8. The number of anilines is 1. The van der Waals surface area contributed by atoms with Crippen LogP contribution >= 0.6 is 26.6 Å². The zero-order valence-corrected chi connectivity index (χ0v) is 14.3. The third-order valence-electron chi connectivity index (χ3n) is 2.70. The molecule has 1 heterocycles. The summed E-state index contributed by atoms with van der Waals surface area (Å²) in [5.41, 5.74) is 1.56. The summed E-state index contributed by atoms with van der Waals surface area (Å²) in [5, 5.41) is 6.76. The second-order valence-corrected chi connectivity index (χ2v) is 7.75. The van der Waals surface area contributed by atoms with E-state index in [1.807, 2.05) is 0 Å². The Morgan fingerprint density at radius 1 is 1.38 bits per heavy atom. The predicted molar refractivity (Wildman–Crippen MR) is 83.1 cm³/mol. The second kappa shape index (κ2) is 5.78. The number of hydrogen-bond donors (Lipinski definition) is 1. The molecule has 0 unspecified atom stereocenters. The van der Waals surface area contributed by atoms with Crippen LogP contribution in [0.1, 0.15) is 16.2 Å². The van der Waals surface area contributed by atoms with E-state index in [0.29, 0.717) is 15.9 Å². The van der Waals surface area contributed by atoms with Gasteiger partial charge in [-0.2, -0.15) is 5.10 Å². The number of halogens is 2. The summed E-state index contributed by atoms with van der Waals surface area (Å²) in [7, 11) is 3.12. The Hall–Kier alpha value is -1.38. The van der Waals surface area contributed by atoms with Crippen molar-refractivity contribution >= 4 is 47.3 Å². The number of hydrogen-bond acceptors (Lipinski definition) is 4. The van der Waals surface area contributed by atoms with Gasteiger partial charge in [-0.05, 0) is 47.1 Å². The van der Waals surface area contributed by atoms with Gasteiger partial charge in [-0.15, -0.1) is 0 Å². The van der Waals surface area contributed by atoms with Crippen LogP contribution in [0.3, 0.4) is 0 Å². The van der Waals surface area contributed by atoms with Gasteiger partial charge in [0.2, 0.25) is 0 Å². The van der Waals surface area contributed by atoms with Gasteiger partial charge in [-0.1, -0.05) is 0 Å². The van der Waals surface area contributed by atoms with Crippen LogP contribution in [0, 0.1) is 6.92 Å². The van der Waals surface area contributed by atoms with Gasteiger partial charge in [0.05, 0.1) is 16.3 Å². The number of nitrogens with one attached hydrogen (secondary N) is 1. The molecule has 112 valence electrons. The molecule has 1 aromatic carbocycles. The molecule has 0 saturated carbocycles. The molecular weight excluding hydrogens is 382 g/mol. The summed E-state index contributed by atoms with van der Waals surface area (Å²) in [5.74, 6) is -0.347. The fraction of sp³-hybridized carbons (Fsp3) is 0.167. The number of rotatable bonds is 3. The summed E-state index contributed by atoms with van der Waals surface area (Å²) in [6.07, 6.45) is 0. The molecule has 6 nitrogen and oxygen atoms in total. The maximum atomic E-state index is 12.1.